The van der Waals surface area contributed by atoms with Crippen LogP contribution in [-0.2, 0) is 6.42 Å². The summed E-state index contributed by atoms with van der Waals surface area (Å²) < 4.78 is 5.22. The second kappa shape index (κ2) is 1.97. The third-order valence-electron chi connectivity index (χ3n) is 2.26. The average molecular weight is 157 g/mol. The van der Waals surface area contributed by atoms with Gasteiger partial charge < -0.3 is 4.42 Å². The van der Waals surface area contributed by atoms with Crippen LogP contribution in [-0.4, -0.2) is 4.98 Å². The van der Waals surface area contributed by atoms with Gasteiger partial charge in [0.25, 0.3) is 0 Å². The van der Waals surface area contributed by atoms with E-state index in [2.05, 4.69) is 23.2 Å². The number of aromatic nitrogens is 1. The van der Waals surface area contributed by atoms with Crippen molar-refractivity contribution in [1.82, 2.24) is 4.98 Å². The van der Waals surface area contributed by atoms with Gasteiger partial charge in [0.05, 0.1) is 5.69 Å². The van der Waals surface area contributed by atoms with E-state index in [-0.39, 0.29) is 0 Å². The zero-order chi connectivity index (χ0) is 7.97. The molecule has 0 aromatic carbocycles. The molecule has 0 spiro atoms. The Kier molecular flexibility index (Phi) is 0.987. The van der Waals surface area contributed by atoms with Crippen LogP contribution in [0.3, 0.4) is 0 Å². The number of rotatable bonds is 0. The van der Waals surface area contributed by atoms with E-state index in [1.165, 1.54) is 17.5 Å². The molecule has 0 aliphatic heterocycles. The molecule has 0 amide bonds. The molecule has 0 saturated carbocycles. The third kappa shape index (κ3) is 0.666. The van der Waals surface area contributed by atoms with Gasteiger partial charge in [-0.15, -0.1) is 0 Å². The Morgan fingerprint density at radius 2 is 2.42 bits per heavy atom. The van der Waals surface area contributed by atoms with E-state index >= 15 is 0 Å². The van der Waals surface area contributed by atoms with Crippen molar-refractivity contribution in [2.45, 2.75) is 6.42 Å². The minimum atomic E-state index is 0.907. The van der Waals surface area contributed by atoms with Gasteiger partial charge in [-0.2, -0.15) is 0 Å². The quantitative estimate of drug-likeness (QED) is 0.576. The first-order valence-electron chi connectivity index (χ1n) is 3.95. The van der Waals surface area contributed by atoms with Crippen LogP contribution in [0.2, 0.25) is 0 Å². The molecule has 0 radical (unpaired) electrons. The predicted octanol–water partition coefficient (Wildman–Crippen LogP) is 2.11. The smallest absolute Gasteiger partial charge is 0.181 e. The Morgan fingerprint density at radius 1 is 1.42 bits per heavy atom. The van der Waals surface area contributed by atoms with Crippen molar-refractivity contribution in [3.8, 4) is 0 Å². The summed E-state index contributed by atoms with van der Waals surface area (Å²) in [6.07, 6.45) is 10.7. The third-order valence-corrected chi connectivity index (χ3v) is 2.26. The highest BCUT2D eigenvalue weighted by atomic mass is 16.3. The summed E-state index contributed by atoms with van der Waals surface area (Å²) in [5.74, 6) is 0.911. The molecular formula is C10H7NO. The monoisotopic (exact) mass is 157 g/mol. The van der Waals surface area contributed by atoms with Crippen molar-refractivity contribution < 1.29 is 4.42 Å². The minimum Gasteiger partial charge on any atom is -0.444 e. The first-order chi connectivity index (χ1) is 5.93. The van der Waals surface area contributed by atoms with E-state index in [4.69, 9.17) is 4.42 Å². The lowest BCUT2D eigenvalue weighted by Crippen LogP contribution is -1.98. The molecule has 2 aliphatic carbocycles. The highest BCUT2D eigenvalue weighted by molar-refractivity contribution is 5.68. The SMILES string of the molecule is C1=CC2=Cc3ocnc3CC2=C1. The topological polar surface area (TPSA) is 26.0 Å². The summed E-state index contributed by atoms with van der Waals surface area (Å²) >= 11 is 0. The molecule has 0 bridgehead atoms. The van der Waals surface area contributed by atoms with Gasteiger partial charge in [-0.1, -0.05) is 18.2 Å². The molecule has 0 N–H and O–H groups in total. The Balaban J connectivity index is 2.23. The van der Waals surface area contributed by atoms with Crippen LogP contribution in [0.15, 0.2) is 40.2 Å². The fourth-order valence-corrected chi connectivity index (χ4v) is 1.62. The molecule has 0 unspecified atom stereocenters. The zero-order valence-corrected chi connectivity index (χ0v) is 6.45. The fraction of sp³-hybridized carbons (Fsp3) is 0.100. The van der Waals surface area contributed by atoms with E-state index < -0.39 is 0 Å². The number of hydrogen-bond donors (Lipinski definition) is 0. The summed E-state index contributed by atoms with van der Waals surface area (Å²) in [7, 11) is 0. The van der Waals surface area contributed by atoms with Gasteiger partial charge in [-0.25, -0.2) is 4.98 Å². The van der Waals surface area contributed by atoms with Gasteiger partial charge in [-0.3, -0.25) is 0 Å². The van der Waals surface area contributed by atoms with Crippen LogP contribution >= 0.6 is 0 Å². The molecule has 12 heavy (non-hydrogen) atoms. The largest absolute Gasteiger partial charge is 0.444 e. The average Bonchev–Trinajstić information content (AvgIpc) is 2.64. The second-order valence-corrected chi connectivity index (χ2v) is 2.99. The first kappa shape index (κ1) is 6.00. The van der Waals surface area contributed by atoms with Crippen LogP contribution < -0.4 is 0 Å². The molecule has 0 atom stereocenters. The molecule has 2 aliphatic rings. The van der Waals surface area contributed by atoms with Gasteiger partial charge in [0.2, 0.25) is 0 Å². The molecule has 1 heterocycles. The number of oxazole rings is 1. The number of nitrogens with zero attached hydrogens (tertiary/aromatic N) is 1. The summed E-state index contributed by atoms with van der Waals surface area (Å²) in [5.41, 5.74) is 3.66. The number of hydrogen-bond acceptors (Lipinski definition) is 2. The lowest BCUT2D eigenvalue weighted by molar-refractivity contribution is 0.545. The predicted molar refractivity (Wildman–Crippen MR) is 45.4 cm³/mol. The van der Waals surface area contributed by atoms with E-state index in [1.54, 1.807) is 0 Å². The van der Waals surface area contributed by atoms with E-state index in [9.17, 15) is 0 Å². The maximum atomic E-state index is 5.22. The Bertz CT molecular complexity index is 421. The summed E-state index contributed by atoms with van der Waals surface area (Å²) in [6.45, 7) is 0. The molecular weight excluding hydrogens is 150 g/mol. The normalized spacial score (nSPS) is 18.3. The second-order valence-electron chi connectivity index (χ2n) is 2.99. The van der Waals surface area contributed by atoms with Gasteiger partial charge in [-0.05, 0) is 17.2 Å². The maximum Gasteiger partial charge on any atom is 0.181 e. The van der Waals surface area contributed by atoms with Gasteiger partial charge in [0, 0.05) is 6.42 Å². The van der Waals surface area contributed by atoms with Gasteiger partial charge in [0.15, 0.2) is 12.2 Å². The maximum absolute atomic E-state index is 5.22. The number of fused-ring (bicyclic) bond motifs is 2. The van der Waals surface area contributed by atoms with Crippen LogP contribution in [0.4, 0.5) is 0 Å². The molecule has 1 aromatic heterocycles. The molecule has 58 valence electrons. The van der Waals surface area contributed by atoms with Crippen molar-refractivity contribution in [3.63, 3.8) is 0 Å². The van der Waals surface area contributed by atoms with Crippen LogP contribution in [0, 0.1) is 0 Å². The van der Waals surface area contributed by atoms with E-state index in [0.29, 0.717) is 0 Å². The first-order valence-corrected chi connectivity index (χ1v) is 3.95. The fourth-order valence-electron chi connectivity index (χ4n) is 1.62. The highest BCUT2D eigenvalue weighted by Crippen LogP contribution is 2.30. The van der Waals surface area contributed by atoms with E-state index in [1.807, 2.05) is 6.08 Å². The molecule has 1 aromatic rings. The zero-order valence-electron chi connectivity index (χ0n) is 6.45. The summed E-state index contributed by atoms with van der Waals surface area (Å²) in [5, 5.41) is 0. The summed E-state index contributed by atoms with van der Waals surface area (Å²) in [6, 6.07) is 0. The molecule has 0 saturated heterocycles. The van der Waals surface area contributed by atoms with Crippen molar-refractivity contribution in [2.75, 3.05) is 0 Å². The van der Waals surface area contributed by atoms with E-state index in [0.717, 1.165) is 17.9 Å². The molecule has 3 rings (SSSR count). The van der Waals surface area contributed by atoms with Gasteiger partial charge in [0.1, 0.15) is 0 Å². The summed E-state index contributed by atoms with van der Waals surface area (Å²) in [4.78, 5) is 4.14. The van der Waals surface area contributed by atoms with Crippen molar-refractivity contribution >= 4 is 6.08 Å². The molecule has 2 nitrogen and oxygen atoms in total. The number of allylic oxidation sites excluding steroid dienone is 5. The molecule has 0 fully saturated rings. The Labute approximate surface area is 69.9 Å². The lowest BCUT2D eigenvalue weighted by atomic mass is 9.97. The minimum absolute atomic E-state index is 0.907. The van der Waals surface area contributed by atoms with Crippen LogP contribution in [0.5, 0.6) is 0 Å². The van der Waals surface area contributed by atoms with Gasteiger partial charge >= 0.3 is 0 Å². The highest BCUT2D eigenvalue weighted by Gasteiger charge is 2.18. The van der Waals surface area contributed by atoms with Crippen molar-refractivity contribution in [1.29, 1.82) is 0 Å². The standard InChI is InChI=1S/C10H7NO/c1-2-7-4-9-10(12-6-11-9)5-8(7)3-1/h1-3,5-6H,4H2. The molecule has 2 heteroatoms. The van der Waals surface area contributed by atoms with Crippen molar-refractivity contribution in [3.05, 3.63) is 47.2 Å². The van der Waals surface area contributed by atoms with Crippen LogP contribution in [0.25, 0.3) is 6.08 Å². The lowest BCUT2D eigenvalue weighted by Gasteiger charge is -2.08. The Hall–Kier alpha value is -1.57. The van der Waals surface area contributed by atoms with Crippen LogP contribution in [0.1, 0.15) is 11.5 Å². The van der Waals surface area contributed by atoms with Crippen molar-refractivity contribution in [2.24, 2.45) is 0 Å². The Morgan fingerprint density at radius 3 is 3.42 bits per heavy atom.